The molecule has 0 aromatic carbocycles. The lowest BCUT2D eigenvalue weighted by Gasteiger charge is -2.40. The first-order valence-electron chi connectivity index (χ1n) is 5.74. The van der Waals surface area contributed by atoms with Gasteiger partial charge in [-0.05, 0) is 37.0 Å². The summed E-state index contributed by atoms with van der Waals surface area (Å²) in [6.45, 7) is 9.68. The fraction of sp³-hybridized carbons (Fsp3) is 1.00. The molecule has 2 heterocycles. The molecule has 0 spiro atoms. The lowest BCUT2D eigenvalue weighted by atomic mass is 9.69. The quantitative estimate of drug-likeness (QED) is 0.647. The van der Waals surface area contributed by atoms with E-state index in [4.69, 9.17) is 0 Å². The summed E-state index contributed by atoms with van der Waals surface area (Å²) < 4.78 is 0.666. The van der Waals surface area contributed by atoms with Crippen molar-refractivity contribution in [3.63, 3.8) is 0 Å². The van der Waals surface area contributed by atoms with Crippen molar-refractivity contribution in [3.05, 3.63) is 0 Å². The monoisotopic (exact) mass is 198 g/mol. The minimum atomic E-state index is 0.666. The summed E-state index contributed by atoms with van der Waals surface area (Å²) in [7, 11) is 0. The average molecular weight is 198 g/mol. The molecule has 2 rings (SSSR count). The molecule has 0 N–H and O–H groups in total. The number of rotatable bonds is 2. The van der Waals surface area contributed by atoms with E-state index in [1.54, 1.807) is 0 Å². The zero-order valence-corrected chi connectivity index (χ0v) is 10.2. The van der Waals surface area contributed by atoms with Gasteiger partial charge >= 0.3 is 0 Å². The SMILES string of the molecule is CC(C)C1CC2CCC1(C(C)C)S2. The largest absolute Gasteiger partial charge is 0.151 e. The average Bonchev–Trinajstić information content (AvgIpc) is 2.60. The van der Waals surface area contributed by atoms with Gasteiger partial charge in [0.2, 0.25) is 0 Å². The maximum Gasteiger partial charge on any atom is 0.0217 e. The van der Waals surface area contributed by atoms with Crippen molar-refractivity contribution >= 4 is 11.8 Å². The highest BCUT2D eigenvalue weighted by Gasteiger charge is 2.54. The molecule has 2 bridgehead atoms. The number of hydrogen-bond donors (Lipinski definition) is 0. The van der Waals surface area contributed by atoms with Crippen LogP contribution in [0.25, 0.3) is 0 Å². The predicted molar refractivity (Wildman–Crippen MR) is 61.1 cm³/mol. The molecule has 0 amide bonds. The first-order chi connectivity index (χ1) is 6.06. The molecule has 2 aliphatic rings. The van der Waals surface area contributed by atoms with Crippen LogP contribution in [-0.4, -0.2) is 10.00 Å². The van der Waals surface area contributed by atoms with Gasteiger partial charge in [0.25, 0.3) is 0 Å². The molecule has 2 saturated heterocycles. The van der Waals surface area contributed by atoms with Crippen molar-refractivity contribution in [2.45, 2.75) is 57.0 Å². The Labute approximate surface area is 86.9 Å². The van der Waals surface area contributed by atoms with Gasteiger partial charge in [-0.25, -0.2) is 0 Å². The van der Waals surface area contributed by atoms with Gasteiger partial charge in [0, 0.05) is 10.00 Å². The van der Waals surface area contributed by atoms with Crippen LogP contribution < -0.4 is 0 Å². The Morgan fingerprint density at radius 2 is 1.92 bits per heavy atom. The Morgan fingerprint density at radius 1 is 1.23 bits per heavy atom. The van der Waals surface area contributed by atoms with E-state index >= 15 is 0 Å². The van der Waals surface area contributed by atoms with Crippen LogP contribution in [0.5, 0.6) is 0 Å². The number of hydrogen-bond acceptors (Lipinski definition) is 1. The van der Waals surface area contributed by atoms with E-state index in [0.717, 1.165) is 23.0 Å². The Hall–Kier alpha value is 0.350. The van der Waals surface area contributed by atoms with Crippen LogP contribution in [0, 0.1) is 17.8 Å². The van der Waals surface area contributed by atoms with Gasteiger partial charge in [0.15, 0.2) is 0 Å². The zero-order valence-electron chi connectivity index (χ0n) is 9.34. The molecular weight excluding hydrogens is 176 g/mol. The second-order valence-corrected chi connectivity index (χ2v) is 7.14. The molecule has 0 aliphatic carbocycles. The second-order valence-electron chi connectivity index (χ2n) is 5.47. The zero-order chi connectivity index (χ0) is 9.64. The summed E-state index contributed by atoms with van der Waals surface area (Å²) in [6.07, 6.45) is 4.48. The minimum absolute atomic E-state index is 0.666. The summed E-state index contributed by atoms with van der Waals surface area (Å²) in [5, 5.41) is 1.01. The van der Waals surface area contributed by atoms with Crippen molar-refractivity contribution in [2.24, 2.45) is 17.8 Å². The summed E-state index contributed by atoms with van der Waals surface area (Å²) in [5.74, 6) is 2.76. The highest BCUT2D eigenvalue weighted by Crippen LogP contribution is 2.62. The Bertz CT molecular complexity index is 197. The van der Waals surface area contributed by atoms with Gasteiger partial charge in [0.1, 0.15) is 0 Å². The van der Waals surface area contributed by atoms with Gasteiger partial charge in [-0.15, -0.1) is 0 Å². The van der Waals surface area contributed by atoms with E-state index < -0.39 is 0 Å². The molecule has 0 saturated carbocycles. The molecular formula is C12H22S. The molecule has 0 radical (unpaired) electrons. The van der Waals surface area contributed by atoms with Gasteiger partial charge in [-0.3, -0.25) is 0 Å². The Morgan fingerprint density at radius 3 is 2.31 bits per heavy atom. The van der Waals surface area contributed by atoms with E-state index in [1.165, 1.54) is 19.3 Å². The molecule has 76 valence electrons. The van der Waals surface area contributed by atoms with E-state index in [2.05, 4.69) is 39.5 Å². The van der Waals surface area contributed by atoms with E-state index in [-0.39, 0.29) is 0 Å². The van der Waals surface area contributed by atoms with Crippen molar-refractivity contribution in [2.75, 3.05) is 0 Å². The first kappa shape index (κ1) is 9.89. The van der Waals surface area contributed by atoms with Gasteiger partial charge in [-0.2, -0.15) is 11.8 Å². The van der Waals surface area contributed by atoms with Crippen molar-refractivity contribution in [3.8, 4) is 0 Å². The third-order valence-corrected chi connectivity index (χ3v) is 6.35. The third-order valence-electron chi connectivity index (χ3n) is 4.17. The van der Waals surface area contributed by atoms with Crippen LogP contribution in [0.2, 0.25) is 0 Å². The van der Waals surface area contributed by atoms with Crippen LogP contribution in [0.4, 0.5) is 0 Å². The summed E-state index contributed by atoms with van der Waals surface area (Å²) in [5.41, 5.74) is 0. The van der Waals surface area contributed by atoms with Crippen molar-refractivity contribution < 1.29 is 0 Å². The van der Waals surface area contributed by atoms with Crippen LogP contribution in [-0.2, 0) is 0 Å². The van der Waals surface area contributed by atoms with Gasteiger partial charge < -0.3 is 0 Å². The minimum Gasteiger partial charge on any atom is -0.151 e. The van der Waals surface area contributed by atoms with E-state index in [9.17, 15) is 0 Å². The lowest BCUT2D eigenvalue weighted by Crippen LogP contribution is -2.39. The number of fused-ring (bicyclic) bond motifs is 2. The topological polar surface area (TPSA) is 0 Å². The molecule has 2 aliphatic heterocycles. The standard InChI is InChI=1S/C12H22S/c1-8(2)11-7-10-5-6-12(11,13-10)9(3)4/h8-11H,5-7H2,1-4H3. The fourth-order valence-corrected chi connectivity index (χ4v) is 5.64. The number of thioether (sulfide) groups is 1. The molecule has 2 fully saturated rings. The van der Waals surface area contributed by atoms with Crippen LogP contribution in [0.1, 0.15) is 47.0 Å². The van der Waals surface area contributed by atoms with Gasteiger partial charge in [0.05, 0.1) is 0 Å². The highest BCUT2D eigenvalue weighted by molar-refractivity contribution is 8.01. The molecule has 13 heavy (non-hydrogen) atoms. The van der Waals surface area contributed by atoms with Crippen LogP contribution >= 0.6 is 11.8 Å². The maximum atomic E-state index is 2.43. The lowest BCUT2D eigenvalue weighted by molar-refractivity contribution is 0.199. The summed E-state index contributed by atoms with van der Waals surface area (Å²) in [6, 6.07) is 0. The fourth-order valence-electron chi connectivity index (χ4n) is 3.43. The van der Waals surface area contributed by atoms with Gasteiger partial charge in [-0.1, -0.05) is 27.7 Å². The molecule has 0 nitrogen and oxygen atoms in total. The Kier molecular flexibility index (Phi) is 2.42. The predicted octanol–water partition coefficient (Wildman–Crippen LogP) is 3.95. The molecule has 3 atom stereocenters. The first-order valence-corrected chi connectivity index (χ1v) is 6.62. The van der Waals surface area contributed by atoms with E-state index in [1.807, 2.05) is 0 Å². The normalized spacial score (nSPS) is 43.8. The molecule has 1 heteroatoms. The van der Waals surface area contributed by atoms with E-state index in [0.29, 0.717) is 4.75 Å². The molecule has 0 aromatic rings. The van der Waals surface area contributed by atoms with Crippen LogP contribution in [0.3, 0.4) is 0 Å². The summed E-state index contributed by atoms with van der Waals surface area (Å²) >= 11 is 2.32. The third kappa shape index (κ3) is 1.35. The highest BCUT2D eigenvalue weighted by atomic mass is 32.2. The second kappa shape index (κ2) is 3.18. The molecule has 0 aromatic heterocycles. The van der Waals surface area contributed by atoms with Crippen LogP contribution in [0.15, 0.2) is 0 Å². The Balaban J connectivity index is 2.22. The smallest absolute Gasteiger partial charge is 0.0217 e. The van der Waals surface area contributed by atoms with Crippen molar-refractivity contribution in [1.82, 2.24) is 0 Å². The maximum absolute atomic E-state index is 2.43. The molecule has 3 unspecified atom stereocenters. The van der Waals surface area contributed by atoms with Crippen molar-refractivity contribution in [1.29, 1.82) is 0 Å². The summed E-state index contributed by atoms with van der Waals surface area (Å²) in [4.78, 5) is 0.